The molecule has 0 spiro atoms. The number of furan rings is 1. The van der Waals surface area contributed by atoms with Crippen LogP contribution >= 0.6 is 15.9 Å². The lowest BCUT2D eigenvalue weighted by atomic mass is 10.3. The molecular weight excluding hydrogens is 272 g/mol. The standard InChI is InChI=1S/C10H11BrN4O/c11-8-9(12)14-6-15-10(8)13-4-3-7-2-1-5-16-7/h1-2,5-6H,3-4H2,(H3,12,13,14,15). The van der Waals surface area contributed by atoms with E-state index in [1.807, 2.05) is 12.1 Å². The molecule has 3 N–H and O–H groups in total. The van der Waals surface area contributed by atoms with Crippen LogP contribution in [0.15, 0.2) is 33.6 Å². The molecule has 0 radical (unpaired) electrons. The van der Waals surface area contributed by atoms with Crippen LogP contribution < -0.4 is 11.1 Å². The van der Waals surface area contributed by atoms with Gasteiger partial charge in [-0.2, -0.15) is 0 Å². The predicted octanol–water partition coefficient (Wildman–Crippen LogP) is 2.07. The Hall–Kier alpha value is -1.56. The maximum atomic E-state index is 5.63. The van der Waals surface area contributed by atoms with Crippen molar-refractivity contribution in [3.63, 3.8) is 0 Å². The number of hydrogen-bond donors (Lipinski definition) is 2. The number of hydrogen-bond acceptors (Lipinski definition) is 5. The van der Waals surface area contributed by atoms with Crippen molar-refractivity contribution in [3.05, 3.63) is 35.0 Å². The van der Waals surface area contributed by atoms with E-state index in [4.69, 9.17) is 10.2 Å². The summed E-state index contributed by atoms with van der Waals surface area (Å²) in [7, 11) is 0. The van der Waals surface area contributed by atoms with E-state index in [0.717, 1.165) is 18.7 Å². The van der Waals surface area contributed by atoms with Gasteiger partial charge in [0, 0.05) is 13.0 Å². The van der Waals surface area contributed by atoms with Gasteiger partial charge in [-0.05, 0) is 28.1 Å². The fourth-order valence-corrected chi connectivity index (χ4v) is 1.61. The minimum absolute atomic E-state index is 0.426. The number of nitrogens with zero attached hydrogens (tertiary/aromatic N) is 2. The topological polar surface area (TPSA) is 77.0 Å². The van der Waals surface area contributed by atoms with Gasteiger partial charge in [0.1, 0.15) is 28.2 Å². The van der Waals surface area contributed by atoms with Gasteiger partial charge in [-0.1, -0.05) is 0 Å². The van der Waals surface area contributed by atoms with Crippen LogP contribution in [-0.4, -0.2) is 16.5 Å². The molecule has 0 unspecified atom stereocenters. The zero-order valence-corrected chi connectivity index (χ0v) is 10.1. The molecule has 0 fully saturated rings. The molecule has 0 saturated heterocycles. The van der Waals surface area contributed by atoms with Crippen LogP contribution in [0.5, 0.6) is 0 Å². The maximum absolute atomic E-state index is 5.63. The third-order valence-electron chi connectivity index (χ3n) is 2.06. The largest absolute Gasteiger partial charge is 0.469 e. The van der Waals surface area contributed by atoms with Crippen LogP contribution in [0, 0.1) is 0 Å². The van der Waals surface area contributed by atoms with Crippen LogP contribution in [0.2, 0.25) is 0 Å². The van der Waals surface area contributed by atoms with Gasteiger partial charge in [-0.3, -0.25) is 0 Å². The van der Waals surface area contributed by atoms with Crippen molar-refractivity contribution in [2.45, 2.75) is 6.42 Å². The number of anilines is 2. The van der Waals surface area contributed by atoms with Crippen LogP contribution in [0.25, 0.3) is 0 Å². The highest BCUT2D eigenvalue weighted by Gasteiger charge is 2.05. The molecule has 5 nitrogen and oxygen atoms in total. The monoisotopic (exact) mass is 282 g/mol. The van der Waals surface area contributed by atoms with Gasteiger partial charge < -0.3 is 15.5 Å². The van der Waals surface area contributed by atoms with Crippen molar-refractivity contribution >= 4 is 27.6 Å². The summed E-state index contributed by atoms with van der Waals surface area (Å²) >= 11 is 3.32. The summed E-state index contributed by atoms with van der Waals surface area (Å²) in [6.07, 6.45) is 3.88. The normalized spacial score (nSPS) is 10.3. The average Bonchev–Trinajstić information content (AvgIpc) is 2.77. The summed E-state index contributed by atoms with van der Waals surface area (Å²) in [5.74, 6) is 2.06. The second-order valence-electron chi connectivity index (χ2n) is 3.18. The maximum Gasteiger partial charge on any atom is 0.145 e. The summed E-state index contributed by atoms with van der Waals surface area (Å²) in [4.78, 5) is 7.94. The molecule has 2 heterocycles. The van der Waals surface area contributed by atoms with Gasteiger partial charge in [-0.25, -0.2) is 9.97 Å². The van der Waals surface area contributed by atoms with Crippen LogP contribution in [0.3, 0.4) is 0 Å². The zero-order valence-electron chi connectivity index (χ0n) is 8.48. The van der Waals surface area contributed by atoms with Crippen molar-refractivity contribution < 1.29 is 4.42 Å². The van der Waals surface area contributed by atoms with Crippen LogP contribution in [-0.2, 0) is 6.42 Å². The number of nitrogens with two attached hydrogens (primary N) is 1. The molecule has 84 valence electrons. The highest BCUT2D eigenvalue weighted by molar-refractivity contribution is 9.10. The molecule has 0 atom stereocenters. The Bertz CT molecular complexity index is 458. The molecule has 0 aliphatic rings. The first-order valence-electron chi connectivity index (χ1n) is 4.79. The Labute approximate surface area is 101 Å². The Balaban J connectivity index is 1.92. The smallest absolute Gasteiger partial charge is 0.145 e. The molecule has 2 aromatic heterocycles. The molecule has 0 saturated carbocycles. The molecule has 6 heteroatoms. The SMILES string of the molecule is Nc1ncnc(NCCc2ccco2)c1Br. The second-order valence-corrected chi connectivity index (χ2v) is 3.97. The number of aromatic nitrogens is 2. The van der Waals surface area contributed by atoms with Crippen molar-refractivity contribution in [3.8, 4) is 0 Å². The number of rotatable bonds is 4. The van der Waals surface area contributed by atoms with Gasteiger partial charge in [0.2, 0.25) is 0 Å². The lowest BCUT2D eigenvalue weighted by molar-refractivity contribution is 0.513. The minimum Gasteiger partial charge on any atom is -0.469 e. The summed E-state index contributed by atoms with van der Waals surface area (Å²) in [6.45, 7) is 0.725. The fourth-order valence-electron chi connectivity index (χ4n) is 1.27. The second kappa shape index (κ2) is 4.98. The lowest BCUT2D eigenvalue weighted by Crippen LogP contribution is -2.08. The molecule has 0 aromatic carbocycles. The highest BCUT2D eigenvalue weighted by Crippen LogP contribution is 2.23. The zero-order chi connectivity index (χ0) is 11.4. The molecule has 2 rings (SSSR count). The molecule has 0 aliphatic heterocycles. The van der Waals surface area contributed by atoms with E-state index in [2.05, 4.69) is 31.2 Å². The van der Waals surface area contributed by atoms with E-state index < -0.39 is 0 Å². The van der Waals surface area contributed by atoms with Gasteiger partial charge in [-0.15, -0.1) is 0 Å². The summed E-state index contributed by atoms with van der Waals surface area (Å²) in [5, 5.41) is 3.15. The van der Waals surface area contributed by atoms with E-state index in [1.54, 1.807) is 6.26 Å². The first kappa shape index (κ1) is 10.9. The number of halogens is 1. The third kappa shape index (κ3) is 2.52. The van der Waals surface area contributed by atoms with Gasteiger partial charge in [0.15, 0.2) is 0 Å². The Kier molecular flexibility index (Phi) is 3.40. The Morgan fingerprint density at radius 3 is 3.06 bits per heavy atom. The average molecular weight is 283 g/mol. The third-order valence-corrected chi connectivity index (χ3v) is 2.84. The number of nitrogen functional groups attached to an aromatic ring is 1. The van der Waals surface area contributed by atoms with Gasteiger partial charge in [0.05, 0.1) is 6.26 Å². The van der Waals surface area contributed by atoms with E-state index >= 15 is 0 Å². The van der Waals surface area contributed by atoms with Crippen molar-refractivity contribution in [1.82, 2.24) is 9.97 Å². The molecule has 0 amide bonds. The summed E-state index contributed by atoms with van der Waals surface area (Å²) in [6, 6.07) is 3.80. The quantitative estimate of drug-likeness (QED) is 0.898. The molecule has 16 heavy (non-hydrogen) atoms. The van der Waals surface area contributed by atoms with E-state index in [-0.39, 0.29) is 0 Å². The lowest BCUT2D eigenvalue weighted by Gasteiger charge is -2.06. The first-order chi connectivity index (χ1) is 7.77. The highest BCUT2D eigenvalue weighted by atomic mass is 79.9. The first-order valence-corrected chi connectivity index (χ1v) is 5.59. The number of nitrogens with one attached hydrogen (secondary N) is 1. The fraction of sp³-hybridized carbons (Fsp3) is 0.200. The van der Waals surface area contributed by atoms with E-state index in [9.17, 15) is 0 Å². The van der Waals surface area contributed by atoms with Crippen LogP contribution in [0.1, 0.15) is 5.76 Å². The van der Waals surface area contributed by atoms with E-state index in [1.165, 1.54) is 6.33 Å². The Morgan fingerprint density at radius 1 is 1.44 bits per heavy atom. The molecule has 0 bridgehead atoms. The molecular formula is C10H11BrN4O. The van der Waals surface area contributed by atoms with Crippen molar-refractivity contribution in [2.75, 3.05) is 17.6 Å². The van der Waals surface area contributed by atoms with Crippen LogP contribution in [0.4, 0.5) is 11.6 Å². The van der Waals surface area contributed by atoms with Crippen molar-refractivity contribution in [2.24, 2.45) is 0 Å². The summed E-state index contributed by atoms with van der Waals surface area (Å²) in [5.41, 5.74) is 5.63. The molecule has 2 aromatic rings. The van der Waals surface area contributed by atoms with Gasteiger partial charge >= 0.3 is 0 Å². The Morgan fingerprint density at radius 2 is 2.31 bits per heavy atom. The predicted molar refractivity (Wildman–Crippen MR) is 65.0 cm³/mol. The van der Waals surface area contributed by atoms with Gasteiger partial charge in [0.25, 0.3) is 0 Å². The minimum atomic E-state index is 0.426. The molecule has 0 aliphatic carbocycles. The van der Waals surface area contributed by atoms with E-state index in [0.29, 0.717) is 16.1 Å². The van der Waals surface area contributed by atoms with Crippen molar-refractivity contribution in [1.29, 1.82) is 0 Å². The summed E-state index contributed by atoms with van der Waals surface area (Å²) < 4.78 is 5.91.